The number of allylic oxidation sites excluding steroid dienone is 21. The average Bonchev–Trinajstić information content (AvgIpc) is 0.785. The molecule has 3 saturated heterocycles. The molecule has 0 aliphatic carbocycles. The highest BCUT2D eigenvalue weighted by atomic mass is 16.8. The van der Waals surface area contributed by atoms with Gasteiger partial charge in [-0.25, -0.2) is 0 Å². The molecule has 0 bridgehead atoms. The average molecular weight is 1400 g/mol. The van der Waals surface area contributed by atoms with E-state index in [1.807, 2.05) is 6.08 Å². The summed E-state index contributed by atoms with van der Waals surface area (Å²) in [5.41, 5.74) is 0. The van der Waals surface area contributed by atoms with Crippen LogP contribution in [0.1, 0.15) is 232 Å². The van der Waals surface area contributed by atoms with Gasteiger partial charge in [-0.15, -0.1) is 0 Å². The molecule has 1 amide bonds. The zero-order valence-electron chi connectivity index (χ0n) is 60.2. The predicted molar refractivity (Wildman–Crippen MR) is 392 cm³/mol. The minimum Gasteiger partial charge on any atom is -0.394 e. The van der Waals surface area contributed by atoms with Crippen LogP contribution in [0.4, 0.5) is 0 Å². The van der Waals surface area contributed by atoms with E-state index in [0.717, 1.165) is 109 Å². The molecule has 17 unspecified atom stereocenters. The lowest BCUT2D eigenvalue weighted by molar-refractivity contribution is -0.379. The summed E-state index contributed by atoms with van der Waals surface area (Å²) in [5.74, 6) is -0.295. The summed E-state index contributed by atoms with van der Waals surface area (Å²) in [6, 6.07) is -1.00. The fourth-order valence-electron chi connectivity index (χ4n) is 11.8. The lowest BCUT2D eigenvalue weighted by Gasteiger charge is -2.48. The Morgan fingerprint density at radius 1 is 0.374 bits per heavy atom. The van der Waals surface area contributed by atoms with Crippen LogP contribution in [-0.2, 0) is 33.2 Å². The van der Waals surface area contributed by atoms with Gasteiger partial charge in [0.15, 0.2) is 18.9 Å². The Hall–Kier alpha value is -4.07. The second-order valence-corrected chi connectivity index (χ2v) is 26.4. The molecule has 17 atom stereocenters. The van der Waals surface area contributed by atoms with Gasteiger partial charge in [0.1, 0.15) is 73.2 Å². The van der Waals surface area contributed by atoms with E-state index in [1.54, 1.807) is 6.08 Å². The van der Waals surface area contributed by atoms with E-state index in [-0.39, 0.29) is 18.9 Å². The maximum absolute atomic E-state index is 13.4. The Morgan fingerprint density at radius 3 is 1.13 bits per heavy atom. The fourth-order valence-corrected chi connectivity index (χ4v) is 11.8. The SMILES string of the molecule is CC/C=C\C/C=C\C/C=C\C/C=C\C/C=C\C/C=C\C/C=C\C/C=C\CCCCCCCCCCCCCCCCCCC(=O)NC(COC1OC(CO)C(OC2OC(CO)C(OC3OC(CO)C(O)C(O)C3O)C(O)C2O)C(O)C1O)C(O)/C=C/CC/C=C/CC/C=C/CCCCC. The first-order chi connectivity index (χ1) is 48.3. The van der Waals surface area contributed by atoms with Crippen LogP contribution < -0.4 is 5.32 Å². The number of aliphatic hydroxyl groups is 11. The highest BCUT2D eigenvalue weighted by molar-refractivity contribution is 5.76. The van der Waals surface area contributed by atoms with Crippen molar-refractivity contribution in [3.05, 3.63) is 134 Å². The summed E-state index contributed by atoms with van der Waals surface area (Å²) >= 11 is 0. The summed E-state index contributed by atoms with van der Waals surface area (Å²) in [7, 11) is 0. The molecule has 0 aromatic carbocycles. The van der Waals surface area contributed by atoms with Crippen molar-refractivity contribution in [1.82, 2.24) is 5.32 Å². The van der Waals surface area contributed by atoms with Gasteiger partial charge in [-0.1, -0.05) is 250 Å². The van der Waals surface area contributed by atoms with E-state index < -0.39 is 124 Å². The van der Waals surface area contributed by atoms with Crippen LogP contribution in [0.3, 0.4) is 0 Å². The van der Waals surface area contributed by atoms with Gasteiger partial charge in [-0.2, -0.15) is 0 Å². The quantitative estimate of drug-likeness (QED) is 0.0199. The topological polar surface area (TPSA) is 307 Å². The third-order valence-corrected chi connectivity index (χ3v) is 17.9. The number of amides is 1. The number of aliphatic hydroxyl groups excluding tert-OH is 11. The molecule has 3 fully saturated rings. The Morgan fingerprint density at radius 2 is 0.707 bits per heavy atom. The molecule has 19 nitrogen and oxygen atoms in total. The van der Waals surface area contributed by atoms with E-state index in [1.165, 1.54) is 89.9 Å². The predicted octanol–water partition coefficient (Wildman–Crippen LogP) is 11.7. The van der Waals surface area contributed by atoms with Gasteiger partial charge in [0.2, 0.25) is 5.91 Å². The van der Waals surface area contributed by atoms with Crippen molar-refractivity contribution in [2.75, 3.05) is 26.4 Å². The molecule has 3 aliphatic heterocycles. The second kappa shape index (κ2) is 59.3. The number of unbranched alkanes of at least 4 members (excludes halogenated alkanes) is 21. The Labute approximate surface area is 594 Å². The zero-order valence-corrected chi connectivity index (χ0v) is 60.2. The normalized spacial score (nSPS) is 27.4. The number of carbonyl (C=O) groups is 1. The number of carbonyl (C=O) groups excluding carboxylic acids is 1. The Balaban J connectivity index is 1.30. The van der Waals surface area contributed by atoms with E-state index in [2.05, 4.69) is 141 Å². The van der Waals surface area contributed by atoms with Crippen molar-refractivity contribution in [3.8, 4) is 0 Å². The van der Waals surface area contributed by atoms with Crippen LogP contribution >= 0.6 is 0 Å². The highest BCUT2D eigenvalue weighted by Crippen LogP contribution is 2.33. The standard InChI is InChI=1S/C80H133NO18/c1-3-5-7-9-11-13-15-17-18-19-20-21-22-23-24-25-26-27-28-29-30-31-32-33-34-35-36-37-38-39-40-41-42-43-44-46-48-50-52-54-56-58-68(86)81-63(64(85)57-55-53-51-49-47-45-16-14-12-10-8-6-4-2)62-94-78-74(92)71(89)76(66(60-83)96-78)99-80-75(93)72(90)77(67(61-84)97-80)98-79-73(91)70(88)69(87)65(59-82)95-79/h5,7,11-14,17-18,20-21,23-24,26-27,29-30,32-33,47,49,55,57,63-67,69-80,82-85,87-93H,3-4,6,8-10,15-16,19,22,25,28,31,34-46,48,50-54,56,58-62H2,1-2H3,(H,81,86)/b7-5-,13-11-,14-12+,18-17-,21-20-,24-23-,27-26-,30-29-,33-32-,49-47+,57-55+. The molecule has 0 saturated carbocycles. The number of ether oxygens (including phenoxy) is 6. The number of rotatable bonds is 57. The minimum absolute atomic E-state index is 0.225. The number of nitrogens with one attached hydrogen (secondary N) is 1. The molecule has 0 aromatic heterocycles. The largest absolute Gasteiger partial charge is 0.394 e. The van der Waals surface area contributed by atoms with Crippen molar-refractivity contribution in [1.29, 1.82) is 0 Å². The summed E-state index contributed by atoms with van der Waals surface area (Å²) < 4.78 is 34.3. The molecule has 12 N–H and O–H groups in total. The monoisotopic (exact) mass is 1400 g/mol. The highest BCUT2D eigenvalue weighted by Gasteiger charge is 2.53. The summed E-state index contributed by atoms with van der Waals surface area (Å²) in [5, 5.41) is 120. The lowest BCUT2D eigenvalue weighted by atomic mass is 9.96. The Bertz CT molecular complexity index is 2310. The van der Waals surface area contributed by atoms with Crippen LogP contribution in [-0.4, -0.2) is 193 Å². The number of hydrogen-bond donors (Lipinski definition) is 12. The van der Waals surface area contributed by atoms with Crippen molar-refractivity contribution in [2.45, 2.75) is 336 Å². The first-order valence-electron chi connectivity index (χ1n) is 37.9. The minimum atomic E-state index is -1.99. The molecule has 3 rings (SSSR count). The van der Waals surface area contributed by atoms with Gasteiger partial charge >= 0.3 is 0 Å². The van der Waals surface area contributed by atoms with Crippen LogP contribution in [0.2, 0.25) is 0 Å². The van der Waals surface area contributed by atoms with Gasteiger partial charge in [0.25, 0.3) is 0 Å². The van der Waals surface area contributed by atoms with Gasteiger partial charge in [0.05, 0.1) is 38.6 Å². The van der Waals surface area contributed by atoms with Crippen LogP contribution in [0.15, 0.2) is 134 Å². The van der Waals surface area contributed by atoms with Crippen molar-refractivity contribution >= 4 is 5.91 Å². The fraction of sp³-hybridized carbons (Fsp3) is 0.713. The van der Waals surface area contributed by atoms with Crippen LogP contribution in [0.5, 0.6) is 0 Å². The molecular weight excluding hydrogens is 1260 g/mol. The Kier molecular flexibility index (Phi) is 53.4. The van der Waals surface area contributed by atoms with Crippen LogP contribution in [0.25, 0.3) is 0 Å². The zero-order chi connectivity index (χ0) is 71.8. The first-order valence-corrected chi connectivity index (χ1v) is 37.9. The maximum atomic E-state index is 13.4. The molecule has 566 valence electrons. The second-order valence-electron chi connectivity index (χ2n) is 26.4. The van der Waals surface area contributed by atoms with E-state index in [0.29, 0.717) is 12.8 Å². The van der Waals surface area contributed by atoms with E-state index in [4.69, 9.17) is 28.4 Å². The number of hydrogen-bond acceptors (Lipinski definition) is 18. The van der Waals surface area contributed by atoms with Crippen molar-refractivity contribution < 1.29 is 89.4 Å². The maximum Gasteiger partial charge on any atom is 0.220 e. The molecule has 99 heavy (non-hydrogen) atoms. The van der Waals surface area contributed by atoms with E-state index in [9.17, 15) is 61.0 Å². The molecule has 0 radical (unpaired) electrons. The third-order valence-electron chi connectivity index (χ3n) is 17.9. The van der Waals surface area contributed by atoms with Crippen LogP contribution in [0, 0.1) is 0 Å². The molecule has 3 heterocycles. The lowest BCUT2D eigenvalue weighted by Crippen LogP contribution is -2.66. The van der Waals surface area contributed by atoms with E-state index >= 15 is 0 Å². The van der Waals surface area contributed by atoms with Gasteiger partial charge in [-0.05, 0) is 109 Å². The van der Waals surface area contributed by atoms with Crippen molar-refractivity contribution in [3.63, 3.8) is 0 Å². The smallest absolute Gasteiger partial charge is 0.220 e. The molecule has 3 aliphatic rings. The first kappa shape index (κ1) is 89.1. The molecule has 0 spiro atoms. The molecular formula is C80H133NO18. The van der Waals surface area contributed by atoms with Gasteiger partial charge in [0, 0.05) is 6.42 Å². The van der Waals surface area contributed by atoms with Gasteiger partial charge in [-0.3, -0.25) is 4.79 Å². The summed E-state index contributed by atoms with van der Waals surface area (Å²) in [6.45, 7) is 1.54. The third kappa shape index (κ3) is 40.0. The molecule has 19 heteroatoms. The summed E-state index contributed by atoms with van der Waals surface area (Å²) in [6.07, 6.45) is 57.4. The molecule has 0 aromatic rings. The van der Waals surface area contributed by atoms with Gasteiger partial charge < -0.3 is 89.9 Å². The van der Waals surface area contributed by atoms with Crippen molar-refractivity contribution in [2.24, 2.45) is 0 Å². The summed E-state index contributed by atoms with van der Waals surface area (Å²) in [4.78, 5) is 13.4.